The summed E-state index contributed by atoms with van der Waals surface area (Å²) in [4.78, 5) is 23.5. The van der Waals surface area contributed by atoms with Crippen molar-refractivity contribution in [3.63, 3.8) is 0 Å². The van der Waals surface area contributed by atoms with Crippen LogP contribution in [0.2, 0.25) is 0 Å². The summed E-state index contributed by atoms with van der Waals surface area (Å²) in [5, 5.41) is 3.39. The van der Waals surface area contributed by atoms with E-state index in [2.05, 4.69) is 5.32 Å². The number of hydrogen-bond acceptors (Lipinski definition) is 4. The first-order valence-electron chi connectivity index (χ1n) is 6.31. The number of pyridine rings is 1. The summed E-state index contributed by atoms with van der Waals surface area (Å²) in [6, 6.07) is 6.87. The van der Waals surface area contributed by atoms with Crippen molar-refractivity contribution in [3.05, 3.63) is 34.6 Å². The lowest BCUT2D eigenvalue weighted by Gasteiger charge is -2.10. The number of rotatable bonds is 4. The highest BCUT2D eigenvalue weighted by atomic mass is 16.5. The second-order valence-electron chi connectivity index (χ2n) is 4.43. The zero-order chi connectivity index (χ0) is 14.7. The lowest BCUT2D eigenvalue weighted by atomic mass is 10.2. The third kappa shape index (κ3) is 2.74. The highest BCUT2D eigenvalue weighted by Gasteiger charge is 2.09. The molecule has 6 nitrogen and oxygen atoms in total. The van der Waals surface area contributed by atoms with Gasteiger partial charge in [0.1, 0.15) is 0 Å². The number of ether oxygens (including phenoxy) is 1. The first-order valence-corrected chi connectivity index (χ1v) is 6.31. The van der Waals surface area contributed by atoms with Crippen LogP contribution in [0.15, 0.2) is 29.1 Å². The van der Waals surface area contributed by atoms with Gasteiger partial charge in [-0.1, -0.05) is 0 Å². The molecule has 6 heteroatoms. The smallest absolute Gasteiger partial charge is 0.293 e. The zero-order valence-electron chi connectivity index (χ0n) is 11.5. The molecule has 0 radical (unpaired) electrons. The van der Waals surface area contributed by atoms with E-state index in [-0.39, 0.29) is 23.8 Å². The molecule has 2 aromatic rings. The molecule has 1 amide bonds. The summed E-state index contributed by atoms with van der Waals surface area (Å²) in [6.07, 6.45) is 0. The minimum Gasteiger partial charge on any atom is -0.478 e. The first-order chi connectivity index (χ1) is 9.52. The van der Waals surface area contributed by atoms with Gasteiger partial charge in [-0.3, -0.25) is 9.59 Å². The molecule has 0 aliphatic carbocycles. The van der Waals surface area contributed by atoms with Crippen molar-refractivity contribution in [2.24, 2.45) is 7.05 Å². The van der Waals surface area contributed by atoms with Crippen LogP contribution in [-0.4, -0.2) is 23.6 Å². The fourth-order valence-corrected chi connectivity index (χ4v) is 1.97. The molecular formula is C14H17N3O3. The first kappa shape index (κ1) is 13.9. The van der Waals surface area contributed by atoms with E-state index in [9.17, 15) is 9.59 Å². The lowest BCUT2D eigenvalue weighted by Crippen LogP contribution is -2.30. The standard InChI is InChI=1S/C14H17N3O3/c1-3-16-13(18)8-20-12-7-9-6-10(15)4-5-11(9)17(2)14(12)19/h4-7H,3,8,15H2,1-2H3,(H,16,18). The van der Waals surface area contributed by atoms with Crippen LogP contribution >= 0.6 is 0 Å². The van der Waals surface area contributed by atoms with Crippen molar-refractivity contribution in [3.8, 4) is 5.75 Å². The Morgan fingerprint density at radius 2 is 2.15 bits per heavy atom. The fraction of sp³-hybridized carbons (Fsp3) is 0.286. The van der Waals surface area contributed by atoms with E-state index in [0.29, 0.717) is 12.2 Å². The summed E-state index contributed by atoms with van der Waals surface area (Å²) in [6.45, 7) is 2.15. The van der Waals surface area contributed by atoms with Crippen molar-refractivity contribution in [1.29, 1.82) is 0 Å². The molecule has 1 aromatic carbocycles. The summed E-state index contributed by atoms with van der Waals surface area (Å²) >= 11 is 0. The van der Waals surface area contributed by atoms with Crippen LogP contribution in [0.1, 0.15) is 6.92 Å². The minimum absolute atomic E-state index is 0.136. The van der Waals surface area contributed by atoms with Gasteiger partial charge in [-0.2, -0.15) is 0 Å². The number of carbonyl (C=O) groups excluding carboxylic acids is 1. The van der Waals surface area contributed by atoms with Gasteiger partial charge in [0.25, 0.3) is 11.5 Å². The summed E-state index contributed by atoms with van der Waals surface area (Å²) in [5.41, 5.74) is 6.81. The Balaban J connectivity index is 2.36. The van der Waals surface area contributed by atoms with Crippen molar-refractivity contribution >= 4 is 22.5 Å². The third-order valence-corrected chi connectivity index (χ3v) is 2.95. The van der Waals surface area contributed by atoms with E-state index in [4.69, 9.17) is 10.5 Å². The number of nitrogens with one attached hydrogen (secondary N) is 1. The van der Waals surface area contributed by atoms with Crippen LogP contribution in [0.5, 0.6) is 5.75 Å². The Bertz CT molecular complexity index is 707. The summed E-state index contributed by atoms with van der Waals surface area (Å²) < 4.78 is 6.77. The van der Waals surface area contributed by atoms with Gasteiger partial charge in [0.15, 0.2) is 12.4 Å². The van der Waals surface area contributed by atoms with E-state index >= 15 is 0 Å². The predicted molar refractivity (Wildman–Crippen MR) is 77.8 cm³/mol. The maximum Gasteiger partial charge on any atom is 0.293 e. The number of hydrogen-bond donors (Lipinski definition) is 2. The van der Waals surface area contributed by atoms with E-state index in [1.165, 1.54) is 4.57 Å². The lowest BCUT2D eigenvalue weighted by molar-refractivity contribution is -0.123. The van der Waals surface area contributed by atoms with Crippen molar-refractivity contribution in [2.75, 3.05) is 18.9 Å². The second kappa shape index (κ2) is 5.64. The number of nitrogen functional groups attached to an aromatic ring is 1. The molecule has 0 saturated carbocycles. The quantitative estimate of drug-likeness (QED) is 0.802. The Morgan fingerprint density at radius 3 is 2.85 bits per heavy atom. The van der Waals surface area contributed by atoms with Gasteiger partial charge in [0.2, 0.25) is 0 Å². The molecule has 0 spiro atoms. The Morgan fingerprint density at radius 1 is 1.40 bits per heavy atom. The van der Waals surface area contributed by atoms with Crippen LogP contribution in [-0.2, 0) is 11.8 Å². The molecule has 0 unspecified atom stereocenters. The van der Waals surface area contributed by atoms with Crippen molar-refractivity contribution < 1.29 is 9.53 Å². The number of aromatic nitrogens is 1. The van der Waals surface area contributed by atoms with Crippen LogP contribution in [0, 0.1) is 0 Å². The largest absolute Gasteiger partial charge is 0.478 e. The molecule has 3 N–H and O–H groups in total. The van der Waals surface area contributed by atoms with Gasteiger partial charge in [-0.25, -0.2) is 0 Å². The number of carbonyl (C=O) groups is 1. The third-order valence-electron chi connectivity index (χ3n) is 2.95. The molecule has 0 atom stereocenters. The topological polar surface area (TPSA) is 86.3 Å². The maximum atomic E-state index is 12.1. The molecule has 20 heavy (non-hydrogen) atoms. The van der Waals surface area contributed by atoms with E-state index in [1.807, 2.05) is 6.92 Å². The van der Waals surface area contributed by atoms with Crippen molar-refractivity contribution in [1.82, 2.24) is 9.88 Å². The Hall–Kier alpha value is -2.50. The van der Waals surface area contributed by atoms with E-state index in [1.54, 1.807) is 31.3 Å². The van der Waals surface area contributed by atoms with Gasteiger partial charge < -0.3 is 20.4 Å². The summed E-state index contributed by atoms with van der Waals surface area (Å²) in [7, 11) is 1.65. The SMILES string of the molecule is CCNC(=O)COc1cc2cc(N)ccc2n(C)c1=O. The number of amides is 1. The molecule has 0 aliphatic rings. The highest BCUT2D eigenvalue weighted by Crippen LogP contribution is 2.19. The van der Waals surface area contributed by atoms with Crippen molar-refractivity contribution in [2.45, 2.75) is 6.92 Å². The molecule has 0 bridgehead atoms. The fourth-order valence-electron chi connectivity index (χ4n) is 1.97. The van der Waals surface area contributed by atoms with Gasteiger partial charge in [0.05, 0.1) is 5.52 Å². The zero-order valence-corrected chi connectivity index (χ0v) is 11.5. The van der Waals surface area contributed by atoms with Crippen LogP contribution in [0.25, 0.3) is 10.9 Å². The molecule has 0 fully saturated rings. The number of nitrogens with two attached hydrogens (primary N) is 1. The number of fused-ring (bicyclic) bond motifs is 1. The number of aryl methyl sites for hydroxylation is 1. The molecule has 1 aromatic heterocycles. The highest BCUT2D eigenvalue weighted by molar-refractivity contribution is 5.83. The molecular weight excluding hydrogens is 258 g/mol. The van der Waals surface area contributed by atoms with Crippen LogP contribution in [0.4, 0.5) is 5.69 Å². The molecule has 1 heterocycles. The average molecular weight is 275 g/mol. The van der Waals surface area contributed by atoms with Gasteiger partial charge >= 0.3 is 0 Å². The molecule has 106 valence electrons. The number of likely N-dealkylation sites (N-methyl/N-ethyl adjacent to an activating group) is 1. The molecule has 2 rings (SSSR count). The second-order valence-corrected chi connectivity index (χ2v) is 4.43. The predicted octanol–water partition coefficient (Wildman–Crippen LogP) is 0.636. The molecule has 0 aliphatic heterocycles. The van der Waals surface area contributed by atoms with Gasteiger partial charge in [-0.05, 0) is 31.2 Å². The monoisotopic (exact) mass is 275 g/mol. The summed E-state index contributed by atoms with van der Waals surface area (Å²) in [5.74, 6) is -0.126. The Labute approximate surface area is 116 Å². The number of anilines is 1. The van der Waals surface area contributed by atoms with E-state index in [0.717, 1.165) is 10.9 Å². The van der Waals surface area contributed by atoms with E-state index < -0.39 is 0 Å². The normalized spacial score (nSPS) is 10.5. The minimum atomic E-state index is -0.286. The molecule has 0 saturated heterocycles. The number of benzene rings is 1. The number of nitrogens with zero attached hydrogens (tertiary/aromatic N) is 1. The van der Waals surface area contributed by atoms with Gasteiger partial charge in [-0.15, -0.1) is 0 Å². The van der Waals surface area contributed by atoms with Crippen LogP contribution in [0.3, 0.4) is 0 Å². The van der Waals surface area contributed by atoms with Crippen LogP contribution < -0.4 is 21.3 Å². The maximum absolute atomic E-state index is 12.1. The average Bonchev–Trinajstić information content (AvgIpc) is 2.41. The Kier molecular flexibility index (Phi) is 3.93. The van der Waals surface area contributed by atoms with Gasteiger partial charge in [0, 0.05) is 24.7 Å².